The van der Waals surface area contributed by atoms with E-state index in [0.717, 1.165) is 43.9 Å². The van der Waals surface area contributed by atoms with E-state index in [2.05, 4.69) is 23.1 Å². The Balaban J connectivity index is 1.45. The second-order valence-corrected chi connectivity index (χ2v) is 6.21. The third-order valence-corrected chi connectivity index (χ3v) is 5.12. The molecule has 0 radical (unpaired) electrons. The number of aliphatic hydroxyl groups excluding tert-OH is 1. The van der Waals surface area contributed by atoms with Gasteiger partial charge in [-0.15, -0.1) is 0 Å². The van der Waals surface area contributed by atoms with Crippen molar-refractivity contribution in [2.24, 2.45) is 0 Å². The molecule has 0 amide bonds. The Morgan fingerprint density at radius 2 is 2.19 bits per heavy atom. The van der Waals surface area contributed by atoms with Crippen LogP contribution in [-0.2, 0) is 6.42 Å². The van der Waals surface area contributed by atoms with Gasteiger partial charge < -0.3 is 14.6 Å². The molecule has 1 fully saturated rings. The lowest BCUT2D eigenvalue weighted by Crippen LogP contribution is -2.50. The van der Waals surface area contributed by atoms with Crippen LogP contribution in [0.2, 0.25) is 0 Å². The molecule has 0 saturated carbocycles. The van der Waals surface area contributed by atoms with Gasteiger partial charge in [0.15, 0.2) is 11.5 Å². The molecule has 1 aromatic rings. The highest BCUT2D eigenvalue weighted by Gasteiger charge is 2.46. The highest BCUT2D eigenvalue weighted by molar-refractivity contribution is 5.44. The van der Waals surface area contributed by atoms with E-state index in [1.54, 1.807) is 0 Å². The lowest BCUT2D eigenvalue weighted by Gasteiger charge is -2.38. The summed E-state index contributed by atoms with van der Waals surface area (Å²) in [6.45, 7) is 2.40. The molecule has 0 unspecified atom stereocenters. The standard InChI is InChI=1S/C17H21NO3/c19-16-3-1-7-17(16)8-2-9-18(17)10-6-13-4-5-14-15(11-13)21-12-20-14/h1,3-5,11,16,19H,2,6-10,12H2/t16-,17+/m1/s1. The smallest absolute Gasteiger partial charge is 0.231 e. The number of ether oxygens (including phenoxy) is 2. The van der Waals surface area contributed by atoms with Gasteiger partial charge in [-0.3, -0.25) is 4.90 Å². The minimum absolute atomic E-state index is 0.0314. The molecule has 2 atom stereocenters. The van der Waals surface area contributed by atoms with Crippen LogP contribution >= 0.6 is 0 Å². The maximum Gasteiger partial charge on any atom is 0.231 e. The van der Waals surface area contributed by atoms with Crippen LogP contribution < -0.4 is 9.47 Å². The molecular formula is C17H21NO3. The second-order valence-electron chi connectivity index (χ2n) is 6.21. The molecule has 112 valence electrons. The number of likely N-dealkylation sites (tertiary alicyclic amines) is 1. The van der Waals surface area contributed by atoms with Gasteiger partial charge in [-0.25, -0.2) is 0 Å². The van der Waals surface area contributed by atoms with Crippen molar-refractivity contribution >= 4 is 0 Å². The van der Waals surface area contributed by atoms with Crippen molar-refractivity contribution in [2.45, 2.75) is 37.3 Å². The first-order valence-electron chi connectivity index (χ1n) is 7.76. The summed E-state index contributed by atoms with van der Waals surface area (Å²) in [5.74, 6) is 1.69. The van der Waals surface area contributed by atoms with Crippen molar-refractivity contribution < 1.29 is 14.6 Å². The number of aliphatic hydroxyl groups is 1. The molecule has 4 rings (SSSR count). The molecule has 1 spiro atoms. The third kappa shape index (κ3) is 2.14. The van der Waals surface area contributed by atoms with Crippen LogP contribution in [0.15, 0.2) is 30.4 Å². The van der Waals surface area contributed by atoms with E-state index in [9.17, 15) is 5.11 Å². The Morgan fingerprint density at radius 3 is 3.05 bits per heavy atom. The molecule has 1 aliphatic carbocycles. The lowest BCUT2D eigenvalue weighted by molar-refractivity contribution is 0.0321. The van der Waals surface area contributed by atoms with E-state index in [1.165, 1.54) is 12.0 Å². The number of nitrogens with zero attached hydrogens (tertiary/aromatic N) is 1. The fraction of sp³-hybridized carbons (Fsp3) is 0.529. The molecular weight excluding hydrogens is 266 g/mol. The number of benzene rings is 1. The summed E-state index contributed by atoms with van der Waals surface area (Å²) in [5, 5.41) is 10.3. The second kappa shape index (κ2) is 5.04. The summed E-state index contributed by atoms with van der Waals surface area (Å²) in [6, 6.07) is 6.18. The van der Waals surface area contributed by atoms with E-state index in [1.807, 2.05) is 12.1 Å². The molecule has 1 aromatic carbocycles. The zero-order valence-corrected chi connectivity index (χ0v) is 12.1. The lowest BCUT2D eigenvalue weighted by atomic mass is 9.90. The molecule has 21 heavy (non-hydrogen) atoms. The Kier molecular flexibility index (Phi) is 3.16. The van der Waals surface area contributed by atoms with Crippen LogP contribution in [0.25, 0.3) is 0 Å². The van der Waals surface area contributed by atoms with E-state index in [4.69, 9.17) is 9.47 Å². The molecule has 0 bridgehead atoms. The predicted molar refractivity (Wildman–Crippen MR) is 79.6 cm³/mol. The van der Waals surface area contributed by atoms with Crippen molar-refractivity contribution in [3.63, 3.8) is 0 Å². The minimum atomic E-state index is -0.309. The monoisotopic (exact) mass is 287 g/mol. The molecule has 2 aliphatic heterocycles. The number of hydrogen-bond acceptors (Lipinski definition) is 4. The van der Waals surface area contributed by atoms with Gasteiger partial charge in [0.1, 0.15) is 0 Å². The fourth-order valence-electron chi connectivity index (χ4n) is 3.92. The number of hydrogen-bond donors (Lipinski definition) is 1. The molecule has 4 heteroatoms. The fourth-order valence-corrected chi connectivity index (χ4v) is 3.92. The van der Waals surface area contributed by atoms with Crippen LogP contribution in [0.3, 0.4) is 0 Å². The van der Waals surface area contributed by atoms with Gasteiger partial charge in [0.2, 0.25) is 6.79 Å². The van der Waals surface area contributed by atoms with Crippen molar-refractivity contribution in [1.29, 1.82) is 0 Å². The molecule has 4 nitrogen and oxygen atoms in total. The van der Waals surface area contributed by atoms with Crippen molar-refractivity contribution in [3.05, 3.63) is 35.9 Å². The summed E-state index contributed by atoms with van der Waals surface area (Å²) in [4.78, 5) is 2.47. The summed E-state index contributed by atoms with van der Waals surface area (Å²) < 4.78 is 10.8. The number of fused-ring (bicyclic) bond motifs is 1. The average molecular weight is 287 g/mol. The van der Waals surface area contributed by atoms with Gasteiger partial charge in [-0.05, 0) is 49.9 Å². The van der Waals surface area contributed by atoms with Gasteiger partial charge in [0.05, 0.1) is 11.6 Å². The van der Waals surface area contributed by atoms with Gasteiger partial charge in [0, 0.05) is 6.54 Å². The summed E-state index contributed by atoms with van der Waals surface area (Å²) in [6.07, 6.45) is 8.02. The van der Waals surface area contributed by atoms with Crippen LogP contribution in [0.4, 0.5) is 0 Å². The van der Waals surface area contributed by atoms with Crippen LogP contribution in [0, 0.1) is 0 Å². The normalized spacial score (nSPS) is 30.6. The van der Waals surface area contributed by atoms with E-state index in [-0.39, 0.29) is 11.6 Å². The Bertz CT molecular complexity index is 571. The first-order valence-corrected chi connectivity index (χ1v) is 7.76. The molecule has 3 aliphatic rings. The quantitative estimate of drug-likeness (QED) is 0.865. The highest BCUT2D eigenvalue weighted by atomic mass is 16.7. The number of rotatable bonds is 3. The average Bonchev–Trinajstić information content (AvgIpc) is 3.19. The first kappa shape index (κ1) is 13.2. The minimum Gasteiger partial charge on any atom is -0.454 e. The maximum atomic E-state index is 10.3. The first-order chi connectivity index (χ1) is 10.3. The molecule has 1 saturated heterocycles. The highest BCUT2D eigenvalue weighted by Crippen LogP contribution is 2.40. The zero-order valence-electron chi connectivity index (χ0n) is 12.1. The maximum absolute atomic E-state index is 10.3. The van der Waals surface area contributed by atoms with Crippen molar-refractivity contribution in [1.82, 2.24) is 4.90 Å². The topological polar surface area (TPSA) is 41.9 Å². The zero-order chi connectivity index (χ0) is 14.3. The van der Waals surface area contributed by atoms with Gasteiger partial charge in [-0.1, -0.05) is 18.2 Å². The van der Waals surface area contributed by atoms with Crippen molar-refractivity contribution in [2.75, 3.05) is 19.9 Å². The SMILES string of the molecule is O[C@@H]1C=CC[C@]12CCCN2CCc1ccc2c(c1)OCO2. The molecule has 1 N–H and O–H groups in total. The van der Waals surface area contributed by atoms with Crippen LogP contribution in [0.1, 0.15) is 24.8 Å². The Labute approximate surface area is 125 Å². The predicted octanol–water partition coefficient (Wildman–Crippen LogP) is 2.11. The van der Waals surface area contributed by atoms with Crippen molar-refractivity contribution in [3.8, 4) is 11.5 Å². The van der Waals surface area contributed by atoms with Crippen LogP contribution in [0.5, 0.6) is 11.5 Å². The Morgan fingerprint density at radius 1 is 1.29 bits per heavy atom. The van der Waals surface area contributed by atoms with Crippen LogP contribution in [-0.4, -0.2) is 41.5 Å². The van der Waals surface area contributed by atoms with Gasteiger partial charge >= 0.3 is 0 Å². The Hall–Kier alpha value is -1.52. The van der Waals surface area contributed by atoms with Gasteiger partial charge in [0.25, 0.3) is 0 Å². The van der Waals surface area contributed by atoms with E-state index >= 15 is 0 Å². The summed E-state index contributed by atoms with van der Waals surface area (Å²) in [5.41, 5.74) is 1.23. The van der Waals surface area contributed by atoms with E-state index < -0.39 is 0 Å². The third-order valence-electron chi connectivity index (χ3n) is 5.12. The van der Waals surface area contributed by atoms with Gasteiger partial charge in [-0.2, -0.15) is 0 Å². The molecule has 2 heterocycles. The van der Waals surface area contributed by atoms with E-state index in [0.29, 0.717) is 6.79 Å². The summed E-state index contributed by atoms with van der Waals surface area (Å²) in [7, 11) is 0. The largest absolute Gasteiger partial charge is 0.454 e. The molecule has 0 aromatic heterocycles. The summed E-state index contributed by atoms with van der Waals surface area (Å²) >= 11 is 0.